The molecule has 56 heavy (non-hydrogen) atoms. The van der Waals surface area contributed by atoms with E-state index < -0.39 is 7.14 Å². The van der Waals surface area contributed by atoms with Crippen molar-refractivity contribution in [3.63, 3.8) is 0 Å². The average Bonchev–Trinajstić information content (AvgIpc) is 3.29. The van der Waals surface area contributed by atoms with Gasteiger partial charge >= 0.3 is 0 Å². The molecule has 0 aliphatic rings. The molecule has 0 amide bonds. The molecule has 0 unspecified atom stereocenters. The summed E-state index contributed by atoms with van der Waals surface area (Å²) in [6.07, 6.45) is 0. The molecule has 0 aliphatic carbocycles. The Bertz CT molecular complexity index is 3020. The van der Waals surface area contributed by atoms with E-state index in [-0.39, 0.29) is 0 Å². The molecule has 0 N–H and O–H groups in total. The van der Waals surface area contributed by atoms with Crippen molar-refractivity contribution in [3.8, 4) is 44.9 Å². The standard InChI is InChI=1S/C51H34N3OP/c55-56(39-24-12-4-13-25-39,40-26-14-5-15-27-40)41-32-30-35(31-33-41)43-34-45-51(54-50(38-22-10-3-11-23-38)49(53-45)37-20-8-2-9-21-37)47-46(43)42-28-16-17-29-44(42)52-48(47)36-18-6-1-7-19-36/h1-34H. The van der Waals surface area contributed by atoms with Gasteiger partial charge in [-0.1, -0.05) is 194 Å². The number of hydrogen-bond acceptors (Lipinski definition) is 4. The Morgan fingerprint density at radius 3 is 1.32 bits per heavy atom. The molecule has 5 heteroatoms. The van der Waals surface area contributed by atoms with Crippen molar-refractivity contribution in [2.45, 2.75) is 0 Å². The van der Waals surface area contributed by atoms with E-state index in [4.69, 9.17) is 15.0 Å². The molecular formula is C51H34N3OP. The summed E-state index contributed by atoms with van der Waals surface area (Å²) in [4.78, 5) is 16.4. The number of aromatic nitrogens is 3. The Morgan fingerprint density at radius 1 is 0.339 bits per heavy atom. The van der Waals surface area contributed by atoms with E-state index in [1.807, 2.05) is 121 Å². The third kappa shape index (κ3) is 5.71. The van der Waals surface area contributed by atoms with Gasteiger partial charge in [0.1, 0.15) is 0 Å². The number of fused-ring (bicyclic) bond motifs is 5. The van der Waals surface area contributed by atoms with Gasteiger partial charge in [-0.25, -0.2) is 15.0 Å². The predicted molar refractivity (Wildman–Crippen MR) is 233 cm³/mol. The van der Waals surface area contributed by atoms with Crippen LogP contribution >= 0.6 is 7.14 Å². The van der Waals surface area contributed by atoms with Crippen LogP contribution in [0.1, 0.15) is 0 Å². The molecule has 2 heterocycles. The normalized spacial score (nSPS) is 11.6. The molecule has 0 atom stereocenters. The maximum absolute atomic E-state index is 15.3. The summed E-state index contributed by atoms with van der Waals surface area (Å²) in [6, 6.07) is 69.3. The van der Waals surface area contributed by atoms with Gasteiger partial charge in [-0.2, -0.15) is 0 Å². The van der Waals surface area contributed by atoms with Crippen LogP contribution in [0.25, 0.3) is 77.6 Å². The third-order valence-corrected chi connectivity index (χ3v) is 13.6. The number of benzene rings is 8. The smallest absolute Gasteiger partial charge is 0.171 e. The van der Waals surface area contributed by atoms with Crippen LogP contribution < -0.4 is 15.9 Å². The van der Waals surface area contributed by atoms with Crippen LogP contribution in [0.2, 0.25) is 0 Å². The Kier molecular flexibility index (Phi) is 8.40. The highest BCUT2D eigenvalue weighted by atomic mass is 31.2. The molecular weight excluding hydrogens is 702 g/mol. The summed E-state index contributed by atoms with van der Waals surface area (Å²) < 4.78 is 15.3. The lowest BCUT2D eigenvalue weighted by molar-refractivity contribution is 0.592. The molecule has 264 valence electrons. The summed E-state index contributed by atoms with van der Waals surface area (Å²) in [5, 5.41) is 5.39. The molecule has 0 aliphatic heterocycles. The molecule has 0 saturated carbocycles. The first-order chi connectivity index (χ1) is 27.7. The highest BCUT2D eigenvalue weighted by molar-refractivity contribution is 7.85. The van der Waals surface area contributed by atoms with Crippen molar-refractivity contribution in [1.29, 1.82) is 0 Å². The Morgan fingerprint density at radius 2 is 0.768 bits per heavy atom. The Hall–Kier alpha value is -7.00. The van der Waals surface area contributed by atoms with Gasteiger partial charge in [-0.3, -0.25) is 0 Å². The summed E-state index contributed by atoms with van der Waals surface area (Å²) >= 11 is 0. The van der Waals surface area contributed by atoms with Gasteiger partial charge in [-0.15, -0.1) is 0 Å². The molecule has 10 rings (SSSR count). The second kappa shape index (κ2) is 14.0. The van der Waals surface area contributed by atoms with Crippen LogP contribution in [0.15, 0.2) is 206 Å². The third-order valence-electron chi connectivity index (χ3n) is 10.5. The highest BCUT2D eigenvalue weighted by Gasteiger charge is 2.30. The lowest BCUT2D eigenvalue weighted by Crippen LogP contribution is -2.24. The van der Waals surface area contributed by atoms with Crippen LogP contribution in [0.3, 0.4) is 0 Å². The van der Waals surface area contributed by atoms with Gasteiger partial charge < -0.3 is 4.57 Å². The zero-order valence-corrected chi connectivity index (χ0v) is 31.2. The largest absolute Gasteiger partial charge is 0.309 e. The van der Waals surface area contributed by atoms with E-state index in [1.165, 1.54) is 0 Å². The van der Waals surface area contributed by atoms with Gasteiger partial charge in [0.25, 0.3) is 0 Å². The molecule has 0 radical (unpaired) electrons. The van der Waals surface area contributed by atoms with E-state index in [1.54, 1.807) is 0 Å². The molecule has 10 aromatic rings. The van der Waals surface area contributed by atoms with Crippen molar-refractivity contribution in [1.82, 2.24) is 15.0 Å². The van der Waals surface area contributed by atoms with Crippen LogP contribution in [-0.4, -0.2) is 15.0 Å². The van der Waals surface area contributed by atoms with Crippen LogP contribution in [-0.2, 0) is 4.57 Å². The first-order valence-electron chi connectivity index (χ1n) is 18.7. The van der Waals surface area contributed by atoms with Gasteiger partial charge in [0.15, 0.2) is 7.14 Å². The average molecular weight is 736 g/mol. The maximum Gasteiger partial charge on any atom is 0.171 e. The number of hydrogen-bond donors (Lipinski definition) is 0. The van der Waals surface area contributed by atoms with Gasteiger partial charge in [0, 0.05) is 48.8 Å². The SMILES string of the molecule is O=P(c1ccccc1)(c1ccccc1)c1ccc(-c2cc3nc(-c4ccccc4)c(-c4ccccc4)nc3c3c(-c4ccccc4)nc4ccccc4c23)cc1. The Labute approximate surface area is 325 Å². The minimum atomic E-state index is -3.17. The maximum atomic E-state index is 15.3. The van der Waals surface area contributed by atoms with Crippen molar-refractivity contribution in [2.75, 3.05) is 0 Å². The second-order valence-electron chi connectivity index (χ2n) is 13.9. The number of pyridine rings is 1. The zero-order valence-electron chi connectivity index (χ0n) is 30.3. The van der Waals surface area contributed by atoms with E-state index in [0.29, 0.717) is 0 Å². The molecule has 2 aromatic heterocycles. The van der Waals surface area contributed by atoms with Crippen molar-refractivity contribution in [2.24, 2.45) is 0 Å². The van der Waals surface area contributed by atoms with Crippen LogP contribution in [0.5, 0.6) is 0 Å². The fourth-order valence-electron chi connectivity index (χ4n) is 7.87. The number of rotatable bonds is 7. The number of nitrogens with zero attached hydrogens (tertiary/aromatic N) is 3. The van der Waals surface area contributed by atoms with Gasteiger partial charge in [-0.05, 0) is 23.3 Å². The van der Waals surface area contributed by atoms with Crippen LogP contribution in [0, 0.1) is 0 Å². The Balaban J connectivity index is 1.30. The lowest BCUT2D eigenvalue weighted by atomic mass is 9.91. The predicted octanol–water partition coefficient (Wildman–Crippen LogP) is 11.6. The van der Waals surface area contributed by atoms with Crippen LogP contribution in [0.4, 0.5) is 0 Å². The van der Waals surface area contributed by atoms with E-state index in [2.05, 4.69) is 84.9 Å². The van der Waals surface area contributed by atoms with E-state index >= 15 is 4.57 Å². The summed E-state index contributed by atoms with van der Waals surface area (Å²) in [6.45, 7) is 0. The topological polar surface area (TPSA) is 55.7 Å². The molecule has 0 saturated heterocycles. The minimum absolute atomic E-state index is 0.767. The molecule has 0 bridgehead atoms. The fraction of sp³-hybridized carbons (Fsp3) is 0. The summed E-state index contributed by atoms with van der Waals surface area (Å²) in [5.41, 5.74) is 9.89. The van der Waals surface area contributed by atoms with Gasteiger partial charge in [0.2, 0.25) is 0 Å². The zero-order chi connectivity index (χ0) is 37.5. The van der Waals surface area contributed by atoms with E-state index in [9.17, 15) is 0 Å². The fourth-order valence-corrected chi connectivity index (χ4v) is 10.5. The first kappa shape index (κ1) is 33.6. The minimum Gasteiger partial charge on any atom is -0.309 e. The molecule has 0 fully saturated rings. The lowest BCUT2D eigenvalue weighted by Gasteiger charge is -2.21. The summed E-state index contributed by atoms with van der Waals surface area (Å²) in [5.74, 6) is 0. The van der Waals surface area contributed by atoms with Gasteiger partial charge in [0.05, 0.1) is 33.6 Å². The monoisotopic (exact) mass is 735 g/mol. The van der Waals surface area contributed by atoms with Crippen molar-refractivity contribution < 1.29 is 4.57 Å². The van der Waals surface area contributed by atoms with Crippen molar-refractivity contribution in [3.05, 3.63) is 206 Å². The molecule has 4 nitrogen and oxygen atoms in total. The number of para-hydroxylation sites is 1. The quantitative estimate of drug-likeness (QED) is 0.121. The second-order valence-corrected chi connectivity index (χ2v) is 16.6. The van der Waals surface area contributed by atoms with Crippen molar-refractivity contribution >= 4 is 55.8 Å². The highest BCUT2D eigenvalue weighted by Crippen LogP contribution is 2.46. The van der Waals surface area contributed by atoms with E-state index in [0.717, 1.165) is 93.5 Å². The molecule has 8 aromatic carbocycles. The summed E-state index contributed by atoms with van der Waals surface area (Å²) in [7, 11) is -3.17. The first-order valence-corrected chi connectivity index (χ1v) is 20.4. The molecule has 0 spiro atoms.